The predicted octanol–water partition coefficient (Wildman–Crippen LogP) is 2.84. The first-order valence-electron chi connectivity index (χ1n) is 9.96. The van der Waals surface area contributed by atoms with Crippen LogP contribution in [-0.4, -0.2) is 96.1 Å². The van der Waals surface area contributed by atoms with E-state index in [1.807, 2.05) is 0 Å². The number of nitrogens with zero attached hydrogens (tertiary/aromatic N) is 4. The highest BCUT2D eigenvalue weighted by molar-refractivity contribution is 4.85. The Hall–Kier alpha value is -0.160. The van der Waals surface area contributed by atoms with Gasteiger partial charge in [-0.2, -0.15) is 0 Å². The van der Waals surface area contributed by atoms with Gasteiger partial charge in [-0.1, -0.05) is 0 Å². The highest BCUT2D eigenvalue weighted by Gasteiger charge is 2.28. The molecule has 2 aliphatic heterocycles. The lowest BCUT2D eigenvalue weighted by Gasteiger charge is -2.44. The minimum atomic E-state index is 0.691. The van der Waals surface area contributed by atoms with E-state index in [1.54, 1.807) is 0 Å². The maximum atomic E-state index is 2.59. The largest absolute Gasteiger partial charge is 0.301 e. The maximum Gasteiger partial charge on any atom is 0.0198 e. The molecule has 0 aromatic heterocycles. The molecule has 0 spiro atoms. The van der Waals surface area contributed by atoms with Crippen molar-refractivity contribution in [2.75, 3.05) is 40.3 Å². The monoisotopic (exact) mass is 340 g/mol. The molecule has 0 aromatic carbocycles. The summed E-state index contributed by atoms with van der Waals surface area (Å²) in [4.78, 5) is 10.1. The number of hydrogen-bond acceptors (Lipinski definition) is 4. The van der Waals surface area contributed by atoms with Crippen molar-refractivity contribution in [2.24, 2.45) is 0 Å². The molecule has 0 aliphatic carbocycles. The van der Waals surface area contributed by atoms with Crippen molar-refractivity contribution in [3.05, 3.63) is 0 Å². The molecule has 0 N–H and O–H groups in total. The van der Waals surface area contributed by atoms with Crippen LogP contribution in [0.1, 0.15) is 55.4 Å². The average Bonchev–Trinajstić information content (AvgIpc) is 2.48. The normalized spacial score (nSPS) is 34.5. The van der Waals surface area contributed by atoms with Gasteiger partial charge in [0.1, 0.15) is 0 Å². The van der Waals surface area contributed by atoms with Crippen LogP contribution in [0, 0.1) is 0 Å². The van der Waals surface area contributed by atoms with Crippen molar-refractivity contribution < 1.29 is 0 Å². The fraction of sp³-hybridized carbons (Fsp3) is 1.00. The number of piperazine rings is 2. The molecule has 144 valence electrons. The zero-order valence-corrected chi connectivity index (χ0v) is 18.1. The Bertz CT molecular complexity index is 346. The molecule has 0 aromatic rings. The summed E-state index contributed by atoms with van der Waals surface area (Å²) in [6, 6.07) is 4.22. The van der Waals surface area contributed by atoms with Crippen LogP contribution in [0.5, 0.6) is 0 Å². The van der Waals surface area contributed by atoms with E-state index in [9.17, 15) is 0 Å². The Balaban J connectivity index is 0.000000240. The van der Waals surface area contributed by atoms with Crippen molar-refractivity contribution in [1.29, 1.82) is 0 Å². The first-order valence-corrected chi connectivity index (χ1v) is 9.96. The van der Waals surface area contributed by atoms with E-state index in [0.29, 0.717) is 36.3 Å². The van der Waals surface area contributed by atoms with Gasteiger partial charge in [0.15, 0.2) is 0 Å². The number of hydrogen-bond donors (Lipinski definition) is 0. The van der Waals surface area contributed by atoms with Crippen molar-refractivity contribution >= 4 is 0 Å². The Morgan fingerprint density at radius 1 is 0.625 bits per heavy atom. The van der Waals surface area contributed by atoms with Crippen LogP contribution >= 0.6 is 0 Å². The van der Waals surface area contributed by atoms with Gasteiger partial charge in [-0.3, -0.25) is 14.7 Å². The summed E-state index contributed by atoms with van der Waals surface area (Å²) < 4.78 is 0. The second-order valence-corrected chi connectivity index (χ2v) is 8.84. The van der Waals surface area contributed by atoms with Crippen LogP contribution in [-0.2, 0) is 0 Å². The second-order valence-electron chi connectivity index (χ2n) is 8.84. The molecule has 24 heavy (non-hydrogen) atoms. The molecule has 2 fully saturated rings. The molecule has 2 rings (SSSR count). The topological polar surface area (TPSA) is 13.0 Å². The zero-order chi connectivity index (χ0) is 18.6. The summed E-state index contributed by atoms with van der Waals surface area (Å²) >= 11 is 0. The third kappa shape index (κ3) is 5.98. The molecule has 0 radical (unpaired) electrons. The van der Waals surface area contributed by atoms with E-state index in [1.165, 1.54) is 26.2 Å². The quantitative estimate of drug-likeness (QED) is 0.766. The van der Waals surface area contributed by atoms with Crippen LogP contribution in [0.4, 0.5) is 0 Å². The summed E-state index contributed by atoms with van der Waals surface area (Å²) in [5.41, 5.74) is 0. The molecule has 4 atom stereocenters. The molecule has 4 nitrogen and oxygen atoms in total. The lowest BCUT2D eigenvalue weighted by molar-refractivity contribution is 0.0387. The molecular weight excluding hydrogens is 296 g/mol. The second kappa shape index (κ2) is 9.51. The van der Waals surface area contributed by atoms with Gasteiger partial charge in [-0.15, -0.1) is 0 Å². The predicted molar refractivity (Wildman–Crippen MR) is 107 cm³/mol. The Kier molecular flexibility index (Phi) is 8.67. The lowest BCUT2D eigenvalue weighted by Crippen LogP contribution is -2.56. The SMILES string of the molecule is CC(C)N1CC(C)N(C)C(C)C1.CC1CN(C(C)C)C(C)CN1C. The fourth-order valence-electron chi connectivity index (χ4n) is 3.91. The number of rotatable bonds is 2. The highest BCUT2D eigenvalue weighted by Crippen LogP contribution is 2.16. The van der Waals surface area contributed by atoms with E-state index in [-0.39, 0.29) is 0 Å². The Labute approximate surface area is 152 Å². The molecule has 2 saturated heterocycles. The van der Waals surface area contributed by atoms with Gasteiger partial charge < -0.3 is 4.90 Å². The van der Waals surface area contributed by atoms with Gasteiger partial charge in [0.05, 0.1) is 0 Å². The molecule has 0 amide bonds. The van der Waals surface area contributed by atoms with Crippen LogP contribution in [0.25, 0.3) is 0 Å². The Morgan fingerprint density at radius 3 is 1.54 bits per heavy atom. The first kappa shape index (κ1) is 21.9. The third-order valence-corrected chi connectivity index (χ3v) is 6.13. The summed E-state index contributed by atoms with van der Waals surface area (Å²) in [6.07, 6.45) is 0. The molecule has 4 heteroatoms. The smallest absolute Gasteiger partial charge is 0.0198 e. The van der Waals surface area contributed by atoms with Gasteiger partial charge in [0.25, 0.3) is 0 Å². The molecule has 4 unspecified atom stereocenters. The highest BCUT2D eigenvalue weighted by atomic mass is 15.3. The van der Waals surface area contributed by atoms with Crippen molar-refractivity contribution in [3.63, 3.8) is 0 Å². The van der Waals surface area contributed by atoms with E-state index in [0.717, 1.165) is 0 Å². The molecule has 2 aliphatic rings. The van der Waals surface area contributed by atoms with Gasteiger partial charge >= 0.3 is 0 Å². The fourth-order valence-corrected chi connectivity index (χ4v) is 3.91. The van der Waals surface area contributed by atoms with Crippen LogP contribution in [0.15, 0.2) is 0 Å². The van der Waals surface area contributed by atoms with Gasteiger partial charge in [-0.25, -0.2) is 0 Å². The minimum Gasteiger partial charge on any atom is -0.301 e. The van der Waals surface area contributed by atoms with Crippen LogP contribution in [0.3, 0.4) is 0 Å². The van der Waals surface area contributed by atoms with Crippen molar-refractivity contribution in [1.82, 2.24) is 19.6 Å². The van der Waals surface area contributed by atoms with Gasteiger partial charge in [0, 0.05) is 62.4 Å². The Morgan fingerprint density at radius 2 is 1.12 bits per heavy atom. The molecule has 0 bridgehead atoms. The zero-order valence-electron chi connectivity index (χ0n) is 18.1. The van der Waals surface area contributed by atoms with Crippen LogP contribution in [0.2, 0.25) is 0 Å². The lowest BCUT2D eigenvalue weighted by atomic mass is 10.1. The van der Waals surface area contributed by atoms with E-state index in [4.69, 9.17) is 0 Å². The average molecular weight is 341 g/mol. The minimum absolute atomic E-state index is 0.691. The van der Waals surface area contributed by atoms with Crippen molar-refractivity contribution in [2.45, 2.75) is 91.6 Å². The summed E-state index contributed by atoms with van der Waals surface area (Å²) in [5, 5.41) is 0. The summed E-state index contributed by atoms with van der Waals surface area (Å²) in [7, 11) is 4.45. The van der Waals surface area contributed by atoms with Gasteiger partial charge in [0.2, 0.25) is 0 Å². The summed E-state index contributed by atoms with van der Waals surface area (Å²) in [5.74, 6) is 0. The van der Waals surface area contributed by atoms with E-state index in [2.05, 4.69) is 89.1 Å². The maximum absolute atomic E-state index is 2.59. The van der Waals surface area contributed by atoms with Gasteiger partial charge in [-0.05, 0) is 69.5 Å². The summed E-state index contributed by atoms with van der Waals surface area (Å²) in [6.45, 7) is 23.3. The molecule has 2 heterocycles. The van der Waals surface area contributed by atoms with Crippen molar-refractivity contribution in [3.8, 4) is 0 Å². The standard InChI is InChI=1S/2C10H22N2/c1-8(2)12-7-9(3)11(5)6-10(12)4;1-8(2)12-6-9(3)11(5)10(4)7-12/h2*8-10H,6-7H2,1-5H3. The van der Waals surface area contributed by atoms with E-state index < -0.39 is 0 Å². The first-order chi connectivity index (χ1) is 11.0. The third-order valence-electron chi connectivity index (χ3n) is 6.13. The molecule has 0 saturated carbocycles. The number of likely N-dealkylation sites (N-methyl/N-ethyl adjacent to an activating group) is 2. The van der Waals surface area contributed by atoms with Crippen LogP contribution < -0.4 is 0 Å². The molecular formula is C20H44N4. The van der Waals surface area contributed by atoms with E-state index >= 15 is 0 Å².